The van der Waals surface area contributed by atoms with Crippen molar-refractivity contribution in [1.82, 2.24) is 20.4 Å². The number of nitrogens with one attached hydrogen (secondary N) is 2. The quantitative estimate of drug-likeness (QED) is 0.618. The average molecular weight is 429 g/mol. The highest BCUT2D eigenvalue weighted by Gasteiger charge is 2.31. The summed E-state index contributed by atoms with van der Waals surface area (Å²) in [5.41, 5.74) is 0. The van der Waals surface area contributed by atoms with Crippen LogP contribution in [0.15, 0.2) is 0 Å². The predicted molar refractivity (Wildman–Crippen MR) is 109 cm³/mol. The molecule has 10 heteroatoms. The van der Waals surface area contributed by atoms with Crippen LogP contribution in [0.3, 0.4) is 0 Å². The summed E-state index contributed by atoms with van der Waals surface area (Å²) in [4.78, 5) is 28.5. The van der Waals surface area contributed by atoms with Crippen LogP contribution in [0.1, 0.15) is 12.8 Å². The average Bonchev–Trinajstić information content (AvgIpc) is 2.94. The molecule has 3 aliphatic rings. The van der Waals surface area contributed by atoms with Gasteiger partial charge in [0.05, 0.1) is 19.3 Å². The number of rotatable bonds is 6. The van der Waals surface area contributed by atoms with Crippen LogP contribution in [0.2, 0.25) is 0 Å². The summed E-state index contributed by atoms with van der Waals surface area (Å²) in [5, 5.41) is 6.41. The Bertz CT molecular complexity index is 449. The van der Waals surface area contributed by atoms with Gasteiger partial charge in [-0.2, -0.15) is 11.8 Å². The second-order valence-corrected chi connectivity index (χ2v) is 7.84. The molecule has 2 amide bonds. The first kappa shape index (κ1) is 23.8. The zero-order valence-electron chi connectivity index (χ0n) is 15.0. The van der Waals surface area contributed by atoms with E-state index in [0.29, 0.717) is 19.4 Å². The van der Waals surface area contributed by atoms with Gasteiger partial charge in [0.25, 0.3) is 0 Å². The molecule has 3 heterocycles. The highest BCUT2D eigenvalue weighted by molar-refractivity contribution is 7.99. The summed E-state index contributed by atoms with van der Waals surface area (Å²) >= 11 is 1.89. The molecule has 0 aromatic heterocycles. The van der Waals surface area contributed by atoms with E-state index < -0.39 is 0 Å². The number of ether oxygens (including phenoxy) is 1. The lowest BCUT2D eigenvalue weighted by atomic mass is 10.2. The van der Waals surface area contributed by atoms with E-state index in [0.717, 1.165) is 57.4 Å². The van der Waals surface area contributed by atoms with Gasteiger partial charge in [-0.25, -0.2) is 0 Å². The van der Waals surface area contributed by atoms with Crippen LogP contribution in [0.25, 0.3) is 0 Å². The smallest absolute Gasteiger partial charge is 0.224 e. The van der Waals surface area contributed by atoms with Gasteiger partial charge in [-0.15, -0.1) is 24.8 Å². The second-order valence-electron chi connectivity index (χ2n) is 6.69. The highest BCUT2D eigenvalue weighted by atomic mass is 35.5. The Labute approximate surface area is 172 Å². The van der Waals surface area contributed by atoms with Crippen molar-refractivity contribution >= 4 is 48.4 Å². The lowest BCUT2D eigenvalue weighted by molar-refractivity contribution is -0.128. The SMILES string of the molecule is Cl.Cl.O=C(CC1CSCCN1)NC1CC(=O)N(CCN2CCOCC2)C1. The fourth-order valence-corrected chi connectivity index (χ4v) is 4.38. The lowest BCUT2D eigenvalue weighted by Gasteiger charge is -2.28. The molecule has 26 heavy (non-hydrogen) atoms. The van der Waals surface area contributed by atoms with Crippen molar-refractivity contribution in [2.45, 2.75) is 24.9 Å². The largest absolute Gasteiger partial charge is 0.379 e. The molecule has 0 spiro atoms. The summed E-state index contributed by atoms with van der Waals surface area (Å²) in [6.45, 7) is 6.68. The molecule has 0 aromatic rings. The highest BCUT2D eigenvalue weighted by Crippen LogP contribution is 2.13. The third-order valence-electron chi connectivity index (χ3n) is 4.80. The Balaban J connectivity index is 0.00000169. The van der Waals surface area contributed by atoms with Gasteiger partial charge < -0.3 is 20.3 Å². The van der Waals surface area contributed by atoms with Crippen molar-refractivity contribution < 1.29 is 14.3 Å². The maximum atomic E-state index is 12.2. The van der Waals surface area contributed by atoms with Crippen molar-refractivity contribution in [3.63, 3.8) is 0 Å². The molecule has 0 aliphatic carbocycles. The Kier molecular flexibility index (Phi) is 11.2. The van der Waals surface area contributed by atoms with E-state index in [2.05, 4.69) is 15.5 Å². The number of halogens is 2. The molecular formula is C16H30Cl2N4O3S. The van der Waals surface area contributed by atoms with E-state index in [4.69, 9.17) is 4.74 Å². The Hall–Kier alpha value is -0.250. The number of thioether (sulfide) groups is 1. The Morgan fingerprint density at radius 3 is 2.73 bits per heavy atom. The fourth-order valence-electron chi connectivity index (χ4n) is 3.43. The van der Waals surface area contributed by atoms with Crippen LogP contribution in [0.5, 0.6) is 0 Å². The van der Waals surface area contributed by atoms with Crippen LogP contribution < -0.4 is 10.6 Å². The number of hydrogen-bond donors (Lipinski definition) is 2. The van der Waals surface area contributed by atoms with Crippen LogP contribution in [0, 0.1) is 0 Å². The van der Waals surface area contributed by atoms with Crippen molar-refractivity contribution in [3.05, 3.63) is 0 Å². The number of morpholine rings is 1. The van der Waals surface area contributed by atoms with Gasteiger partial charge in [0.2, 0.25) is 11.8 Å². The fraction of sp³-hybridized carbons (Fsp3) is 0.875. The summed E-state index contributed by atoms with van der Waals surface area (Å²) < 4.78 is 5.34. The minimum atomic E-state index is -0.0362. The van der Waals surface area contributed by atoms with Crippen molar-refractivity contribution in [1.29, 1.82) is 0 Å². The molecule has 0 aromatic carbocycles. The molecule has 7 nitrogen and oxygen atoms in total. The van der Waals surface area contributed by atoms with Crippen molar-refractivity contribution in [3.8, 4) is 0 Å². The number of amides is 2. The van der Waals surface area contributed by atoms with Gasteiger partial charge in [-0.05, 0) is 0 Å². The predicted octanol–water partition coefficient (Wildman–Crippen LogP) is -0.0256. The molecule has 0 saturated carbocycles. The maximum Gasteiger partial charge on any atom is 0.224 e. The second kappa shape index (κ2) is 12.3. The van der Waals surface area contributed by atoms with E-state index >= 15 is 0 Å². The van der Waals surface area contributed by atoms with E-state index in [1.54, 1.807) is 0 Å². The zero-order chi connectivity index (χ0) is 16.8. The summed E-state index contributed by atoms with van der Waals surface area (Å²) in [6, 6.07) is 0.226. The summed E-state index contributed by atoms with van der Waals surface area (Å²) in [6.07, 6.45) is 0.938. The normalized spacial score (nSPS) is 26.8. The molecule has 3 aliphatic heterocycles. The van der Waals surface area contributed by atoms with Crippen LogP contribution in [-0.2, 0) is 14.3 Å². The summed E-state index contributed by atoms with van der Waals surface area (Å²) in [5.74, 6) is 2.32. The monoisotopic (exact) mass is 428 g/mol. The standard InChI is InChI=1S/C16H28N4O3S.2ClH/c21-15(9-14-12-24-8-1-17-14)18-13-10-16(22)20(11-13)3-2-19-4-6-23-7-5-19;;/h13-14,17H,1-12H2,(H,18,21);2*1H. The van der Waals surface area contributed by atoms with Crippen LogP contribution >= 0.6 is 36.6 Å². The molecule has 2 atom stereocenters. The molecule has 2 N–H and O–H groups in total. The lowest BCUT2D eigenvalue weighted by Crippen LogP contribution is -2.45. The van der Waals surface area contributed by atoms with E-state index in [-0.39, 0.29) is 48.7 Å². The molecule has 3 rings (SSSR count). The third-order valence-corrected chi connectivity index (χ3v) is 5.93. The molecule has 2 unspecified atom stereocenters. The zero-order valence-corrected chi connectivity index (χ0v) is 17.4. The van der Waals surface area contributed by atoms with Crippen molar-refractivity contribution in [2.75, 3.05) is 64.0 Å². The number of nitrogens with zero attached hydrogens (tertiary/aromatic N) is 2. The summed E-state index contributed by atoms with van der Waals surface area (Å²) in [7, 11) is 0. The Morgan fingerprint density at radius 1 is 1.27 bits per heavy atom. The number of hydrogen-bond acceptors (Lipinski definition) is 6. The van der Waals surface area contributed by atoms with Gasteiger partial charge in [-0.3, -0.25) is 14.5 Å². The molecular weight excluding hydrogens is 399 g/mol. The first-order chi connectivity index (χ1) is 11.7. The van der Waals surface area contributed by atoms with Gasteiger partial charge in [0.15, 0.2) is 0 Å². The van der Waals surface area contributed by atoms with E-state index in [1.807, 2.05) is 16.7 Å². The number of carbonyl (C=O) groups is 2. The van der Waals surface area contributed by atoms with E-state index in [1.165, 1.54) is 0 Å². The first-order valence-corrected chi connectivity index (χ1v) is 10.0. The van der Waals surface area contributed by atoms with E-state index in [9.17, 15) is 9.59 Å². The van der Waals surface area contributed by atoms with Gasteiger partial charge in [0.1, 0.15) is 0 Å². The van der Waals surface area contributed by atoms with Gasteiger partial charge in [0, 0.05) is 69.7 Å². The third kappa shape index (κ3) is 7.40. The minimum absolute atomic E-state index is 0. The molecule has 3 saturated heterocycles. The molecule has 3 fully saturated rings. The number of carbonyl (C=O) groups excluding carboxylic acids is 2. The van der Waals surface area contributed by atoms with Gasteiger partial charge >= 0.3 is 0 Å². The van der Waals surface area contributed by atoms with Crippen molar-refractivity contribution in [2.24, 2.45) is 0 Å². The minimum Gasteiger partial charge on any atom is -0.379 e. The first-order valence-electron chi connectivity index (χ1n) is 8.89. The van der Waals surface area contributed by atoms with Crippen LogP contribution in [-0.4, -0.2) is 97.7 Å². The molecule has 152 valence electrons. The Morgan fingerprint density at radius 2 is 2.04 bits per heavy atom. The number of likely N-dealkylation sites (tertiary alicyclic amines) is 1. The van der Waals surface area contributed by atoms with Gasteiger partial charge in [-0.1, -0.05) is 0 Å². The molecule has 0 bridgehead atoms. The maximum absolute atomic E-state index is 12.2. The molecule has 0 radical (unpaired) electrons. The topological polar surface area (TPSA) is 73.9 Å². The van der Waals surface area contributed by atoms with Crippen LogP contribution in [0.4, 0.5) is 0 Å².